The van der Waals surface area contributed by atoms with Gasteiger partial charge in [-0.25, -0.2) is 0 Å². The fraction of sp³-hybridized carbons (Fsp3) is 0. The maximum Gasteiger partial charge on any atom is 0.632 e. The van der Waals surface area contributed by atoms with E-state index in [-0.39, 0.29) is 0 Å². The lowest BCUT2D eigenvalue weighted by atomic mass is 9.78. The molecule has 3 heterocycles. The number of nitrogens with zero attached hydrogens (tertiary/aromatic N) is 1. The van der Waals surface area contributed by atoms with Gasteiger partial charge in [0.05, 0.1) is 0 Å². The third-order valence-corrected chi connectivity index (χ3v) is 11.2. The van der Waals surface area contributed by atoms with Crippen molar-refractivity contribution in [3.8, 4) is 34.5 Å². The van der Waals surface area contributed by atoms with Crippen molar-refractivity contribution in [2.45, 2.75) is 0 Å². The van der Waals surface area contributed by atoms with Crippen molar-refractivity contribution in [1.82, 2.24) is 0 Å². The largest absolute Gasteiger partial charge is 0.632 e. The highest BCUT2D eigenvalue weighted by molar-refractivity contribution is 6.65. The van der Waals surface area contributed by atoms with Crippen molar-refractivity contribution in [2.75, 3.05) is 4.90 Å². The Labute approximate surface area is 335 Å². The zero-order valence-corrected chi connectivity index (χ0v) is 30.9. The fourth-order valence-electron chi connectivity index (χ4n) is 8.25. The molecule has 272 valence electrons. The van der Waals surface area contributed by atoms with E-state index in [9.17, 15) is 0 Å². The molecule has 10 heteroatoms. The summed E-state index contributed by atoms with van der Waals surface area (Å²) in [5.41, 5.74) is 5.64. The van der Waals surface area contributed by atoms with Crippen LogP contribution >= 0.6 is 0 Å². The summed E-state index contributed by atoms with van der Waals surface area (Å²) in [6.45, 7) is 0. The molecular formula is C48H30B3NO6. The lowest BCUT2D eigenvalue weighted by Crippen LogP contribution is -2.39. The van der Waals surface area contributed by atoms with Gasteiger partial charge >= 0.3 is 21.4 Å². The molecule has 0 atom stereocenters. The molecule has 0 saturated heterocycles. The number of anilines is 3. The van der Waals surface area contributed by atoms with E-state index in [4.69, 9.17) is 27.9 Å². The average molecular weight is 749 g/mol. The summed E-state index contributed by atoms with van der Waals surface area (Å²) in [6.07, 6.45) is 0. The molecule has 9 aromatic carbocycles. The molecule has 0 fully saturated rings. The van der Waals surface area contributed by atoms with Crippen molar-refractivity contribution in [3.05, 3.63) is 182 Å². The highest BCUT2D eigenvalue weighted by Gasteiger charge is 2.38. The van der Waals surface area contributed by atoms with Gasteiger partial charge in [0.1, 0.15) is 17.2 Å². The molecule has 0 N–H and O–H groups in total. The predicted octanol–water partition coefficient (Wildman–Crippen LogP) is 9.12. The average Bonchev–Trinajstić information content (AvgIpc) is 4.05. The molecule has 0 amide bonds. The summed E-state index contributed by atoms with van der Waals surface area (Å²) < 4.78 is 38.1. The van der Waals surface area contributed by atoms with Crippen molar-refractivity contribution < 1.29 is 27.9 Å². The molecule has 3 aliphatic rings. The van der Waals surface area contributed by atoms with Crippen molar-refractivity contribution in [1.29, 1.82) is 0 Å². The van der Waals surface area contributed by atoms with Gasteiger partial charge in [-0.05, 0) is 70.8 Å². The highest BCUT2D eigenvalue weighted by atomic mass is 16.6. The van der Waals surface area contributed by atoms with Gasteiger partial charge in [-0.3, -0.25) is 0 Å². The third kappa shape index (κ3) is 5.40. The van der Waals surface area contributed by atoms with Crippen LogP contribution in [-0.4, -0.2) is 21.4 Å². The molecule has 3 aliphatic heterocycles. The summed E-state index contributed by atoms with van der Waals surface area (Å²) in [4.78, 5) is 2.22. The fourth-order valence-corrected chi connectivity index (χ4v) is 8.25. The van der Waals surface area contributed by atoms with Crippen LogP contribution in [0.1, 0.15) is 0 Å². The van der Waals surface area contributed by atoms with E-state index in [0.29, 0.717) is 0 Å². The lowest BCUT2D eigenvalue weighted by Gasteiger charge is -2.26. The first-order valence-corrected chi connectivity index (χ1v) is 19.4. The second-order valence-electron chi connectivity index (χ2n) is 14.7. The molecule has 0 radical (unpaired) electrons. The number of fused-ring (bicyclic) bond motifs is 9. The Bertz CT molecular complexity index is 2720. The number of rotatable bonds is 6. The molecule has 0 aliphatic carbocycles. The maximum absolute atomic E-state index is 6.41. The molecule has 9 aromatic rings. The van der Waals surface area contributed by atoms with E-state index in [1.165, 1.54) is 0 Å². The van der Waals surface area contributed by atoms with Gasteiger partial charge in [0.25, 0.3) is 0 Å². The summed E-state index contributed by atoms with van der Waals surface area (Å²) in [6, 6.07) is 61.7. The van der Waals surface area contributed by atoms with Crippen molar-refractivity contribution in [3.63, 3.8) is 0 Å². The topological polar surface area (TPSA) is 58.6 Å². The normalized spacial score (nSPS) is 13.6. The zero-order chi connectivity index (χ0) is 38.2. The Morgan fingerprint density at radius 2 is 0.569 bits per heavy atom. The van der Waals surface area contributed by atoms with E-state index in [0.717, 1.165) is 100 Å². The highest BCUT2D eigenvalue weighted by Crippen LogP contribution is 2.43. The summed E-state index contributed by atoms with van der Waals surface area (Å²) in [7, 11) is -1.66. The minimum absolute atomic E-state index is 0.554. The SMILES string of the molecule is c1ccc2c3c(ccc2c1)OB(c1ccc(N(c2ccc(B4Oc5ccc6ccccc6c5O4)cc2)c2ccc(B4Oc5ccc6ccccc6c5O4)cc2)cc1)O3. The molecule has 0 saturated carbocycles. The van der Waals surface area contributed by atoms with E-state index >= 15 is 0 Å². The molecule has 0 spiro atoms. The lowest BCUT2D eigenvalue weighted by molar-refractivity contribution is 0.519. The van der Waals surface area contributed by atoms with Crippen LogP contribution in [0, 0.1) is 0 Å². The summed E-state index contributed by atoms with van der Waals surface area (Å²) >= 11 is 0. The minimum Gasteiger partial charge on any atom is -0.519 e. The Morgan fingerprint density at radius 1 is 0.276 bits per heavy atom. The van der Waals surface area contributed by atoms with Gasteiger partial charge < -0.3 is 32.8 Å². The number of benzene rings is 9. The molecule has 58 heavy (non-hydrogen) atoms. The van der Waals surface area contributed by atoms with Gasteiger partial charge in [0, 0.05) is 49.6 Å². The molecule has 0 aromatic heterocycles. The zero-order valence-electron chi connectivity index (χ0n) is 30.9. The van der Waals surface area contributed by atoms with E-state index < -0.39 is 21.4 Å². The Kier molecular flexibility index (Phi) is 7.38. The van der Waals surface area contributed by atoms with Gasteiger partial charge in [-0.15, -0.1) is 0 Å². The van der Waals surface area contributed by atoms with Gasteiger partial charge in [-0.1, -0.05) is 127 Å². The van der Waals surface area contributed by atoms with Crippen molar-refractivity contribution in [2.24, 2.45) is 0 Å². The van der Waals surface area contributed by atoms with Crippen LogP contribution in [0.15, 0.2) is 182 Å². The van der Waals surface area contributed by atoms with Gasteiger partial charge in [0.2, 0.25) is 0 Å². The second-order valence-corrected chi connectivity index (χ2v) is 14.7. The predicted molar refractivity (Wildman–Crippen MR) is 233 cm³/mol. The second kappa shape index (κ2) is 13.1. The molecule has 12 rings (SSSR count). The van der Waals surface area contributed by atoms with Crippen LogP contribution in [0.2, 0.25) is 0 Å². The molecule has 0 unspecified atom stereocenters. The van der Waals surface area contributed by atoms with Crippen LogP contribution in [0.3, 0.4) is 0 Å². The van der Waals surface area contributed by atoms with Crippen molar-refractivity contribution >= 4 is 87.1 Å². The minimum atomic E-state index is -0.554. The summed E-state index contributed by atoms with van der Waals surface area (Å²) in [5.74, 6) is 4.54. The first-order valence-electron chi connectivity index (χ1n) is 19.4. The third-order valence-electron chi connectivity index (χ3n) is 11.2. The number of hydrogen-bond acceptors (Lipinski definition) is 7. The maximum atomic E-state index is 6.41. The van der Waals surface area contributed by atoms with Crippen LogP contribution < -0.4 is 49.2 Å². The smallest absolute Gasteiger partial charge is 0.519 e. The first kappa shape index (κ1) is 32.8. The summed E-state index contributed by atoms with van der Waals surface area (Å²) in [5, 5.41) is 6.44. The quantitative estimate of drug-likeness (QED) is 0.157. The van der Waals surface area contributed by atoms with Crippen LogP contribution in [0.4, 0.5) is 17.1 Å². The van der Waals surface area contributed by atoms with Crippen LogP contribution in [0.5, 0.6) is 34.5 Å². The molecule has 0 bridgehead atoms. The standard InChI is InChI=1S/C48H30B3NO6/c1-4-10-40-31(7-1)13-28-43-46(40)56-49(53-43)34-16-22-37(23-17-34)52(38-24-18-35(19-25-38)50-54-44-29-14-32-8-2-5-11-41(32)47(44)57-50)39-26-20-36(21-27-39)51-55-45-30-15-33-9-3-6-12-42(33)48(45)58-51/h1-30H. The van der Waals surface area contributed by atoms with E-state index in [1.54, 1.807) is 0 Å². The number of hydrogen-bond donors (Lipinski definition) is 0. The van der Waals surface area contributed by atoms with Crippen LogP contribution in [-0.2, 0) is 0 Å². The monoisotopic (exact) mass is 749 g/mol. The Balaban J connectivity index is 0.854. The Hall–Kier alpha value is -7.45. The van der Waals surface area contributed by atoms with Crippen LogP contribution in [0.25, 0.3) is 32.3 Å². The van der Waals surface area contributed by atoms with E-state index in [2.05, 4.69) is 132 Å². The van der Waals surface area contributed by atoms with Gasteiger partial charge in [0.15, 0.2) is 17.2 Å². The Morgan fingerprint density at radius 3 is 0.879 bits per heavy atom. The van der Waals surface area contributed by atoms with E-state index in [1.807, 2.05) is 54.6 Å². The molecular weight excluding hydrogens is 719 g/mol. The van der Waals surface area contributed by atoms with Gasteiger partial charge in [-0.2, -0.15) is 0 Å². The first-order chi connectivity index (χ1) is 28.7. The molecule has 7 nitrogen and oxygen atoms in total.